The number of benzene rings is 3. The Bertz CT molecular complexity index is 1170. The maximum atomic E-state index is 13.4. The van der Waals surface area contributed by atoms with Gasteiger partial charge in [0.15, 0.2) is 5.13 Å². The van der Waals surface area contributed by atoms with Gasteiger partial charge in [-0.3, -0.25) is 9.69 Å². The summed E-state index contributed by atoms with van der Waals surface area (Å²) in [6.07, 6.45) is 0.339. The van der Waals surface area contributed by atoms with Gasteiger partial charge in [-0.15, -0.1) is 12.4 Å². The molecule has 1 aromatic heterocycles. The molecule has 0 saturated heterocycles. The van der Waals surface area contributed by atoms with Crippen LogP contribution in [0.15, 0.2) is 60.7 Å². The molecule has 0 fully saturated rings. The number of carbonyl (C=O) groups excluding carboxylic acids is 1. The third kappa shape index (κ3) is 4.93. The van der Waals surface area contributed by atoms with E-state index in [9.17, 15) is 4.79 Å². The summed E-state index contributed by atoms with van der Waals surface area (Å²) in [4.78, 5) is 21.9. The van der Waals surface area contributed by atoms with Crippen LogP contribution in [0, 0.1) is 0 Å². The minimum Gasteiger partial charge on any atom is -0.308 e. The van der Waals surface area contributed by atoms with Crippen LogP contribution in [0.1, 0.15) is 5.56 Å². The van der Waals surface area contributed by atoms with E-state index >= 15 is 0 Å². The molecule has 4 nitrogen and oxygen atoms in total. The van der Waals surface area contributed by atoms with E-state index in [4.69, 9.17) is 16.6 Å². The van der Waals surface area contributed by atoms with Crippen molar-refractivity contribution < 1.29 is 4.79 Å². The zero-order valence-corrected chi connectivity index (χ0v) is 19.2. The average Bonchev–Trinajstić information content (AvgIpc) is 3.11. The van der Waals surface area contributed by atoms with Gasteiger partial charge in [0.05, 0.1) is 16.6 Å². The molecule has 7 heteroatoms. The zero-order valence-electron chi connectivity index (χ0n) is 16.8. The van der Waals surface area contributed by atoms with Crippen molar-refractivity contribution in [2.45, 2.75) is 6.42 Å². The molecule has 0 atom stereocenters. The van der Waals surface area contributed by atoms with Gasteiger partial charge in [-0.2, -0.15) is 0 Å². The van der Waals surface area contributed by atoms with E-state index in [0.29, 0.717) is 23.1 Å². The highest BCUT2D eigenvalue weighted by atomic mass is 35.5. The summed E-state index contributed by atoms with van der Waals surface area (Å²) in [7, 11) is 4.01. The number of rotatable bonds is 6. The van der Waals surface area contributed by atoms with Gasteiger partial charge in [-0.25, -0.2) is 4.98 Å². The monoisotopic (exact) mass is 459 g/mol. The number of nitrogens with zero attached hydrogens (tertiary/aromatic N) is 3. The first-order chi connectivity index (χ1) is 14.0. The number of thiazole rings is 1. The summed E-state index contributed by atoms with van der Waals surface area (Å²) >= 11 is 7.63. The lowest BCUT2D eigenvalue weighted by atomic mass is 10.0. The number of anilines is 1. The number of fused-ring (bicyclic) bond motifs is 2. The third-order valence-electron chi connectivity index (χ3n) is 4.86. The molecule has 0 saturated carbocycles. The van der Waals surface area contributed by atoms with Crippen LogP contribution < -0.4 is 4.90 Å². The molecule has 0 bridgehead atoms. The largest absolute Gasteiger partial charge is 0.308 e. The first-order valence-corrected chi connectivity index (χ1v) is 10.7. The van der Waals surface area contributed by atoms with Crippen LogP contribution in [0.2, 0.25) is 5.02 Å². The molecule has 0 aliphatic heterocycles. The van der Waals surface area contributed by atoms with E-state index in [1.807, 2.05) is 56.6 Å². The second kappa shape index (κ2) is 9.75. The van der Waals surface area contributed by atoms with Crippen molar-refractivity contribution in [3.05, 3.63) is 71.2 Å². The van der Waals surface area contributed by atoms with Crippen molar-refractivity contribution in [3.63, 3.8) is 0 Å². The molecule has 4 rings (SSSR count). The molecule has 30 heavy (non-hydrogen) atoms. The Hall–Kier alpha value is -2.18. The fourth-order valence-electron chi connectivity index (χ4n) is 3.33. The Labute approximate surface area is 191 Å². The molecule has 0 spiro atoms. The number of amides is 1. The van der Waals surface area contributed by atoms with Crippen molar-refractivity contribution in [2.75, 3.05) is 32.1 Å². The lowest BCUT2D eigenvalue weighted by Crippen LogP contribution is -2.37. The van der Waals surface area contributed by atoms with E-state index in [-0.39, 0.29) is 18.3 Å². The Morgan fingerprint density at radius 2 is 1.80 bits per heavy atom. The van der Waals surface area contributed by atoms with E-state index in [2.05, 4.69) is 23.1 Å². The van der Waals surface area contributed by atoms with Crippen LogP contribution in [0.5, 0.6) is 0 Å². The fraction of sp³-hybridized carbons (Fsp3) is 0.217. The quantitative estimate of drug-likeness (QED) is 0.373. The second-order valence-electron chi connectivity index (χ2n) is 7.27. The van der Waals surface area contributed by atoms with Crippen molar-refractivity contribution in [3.8, 4) is 0 Å². The summed E-state index contributed by atoms with van der Waals surface area (Å²) in [5.74, 6) is 0.0494. The number of hydrogen-bond donors (Lipinski definition) is 0. The van der Waals surface area contributed by atoms with Crippen LogP contribution in [0.25, 0.3) is 21.0 Å². The highest BCUT2D eigenvalue weighted by Crippen LogP contribution is 2.31. The van der Waals surface area contributed by atoms with Gasteiger partial charge in [0.2, 0.25) is 5.91 Å². The van der Waals surface area contributed by atoms with Gasteiger partial charge in [0.25, 0.3) is 0 Å². The minimum absolute atomic E-state index is 0. The van der Waals surface area contributed by atoms with Gasteiger partial charge in [0.1, 0.15) is 0 Å². The summed E-state index contributed by atoms with van der Waals surface area (Å²) in [6, 6.07) is 19.9. The number of likely N-dealkylation sites (N-methyl/N-ethyl adjacent to an activating group) is 1. The van der Waals surface area contributed by atoms with Crippen molar-refractivity contribution in [1.82, 2.24) is 9.88 Å². The van der Waals surface area contributed by atoms with Crippen LogP contribution in [-0.2, 0) is 11.2 Å². The lowest BCUT2D eigenvalue weighted by molar-refractivity contribution is -0.118. The first kappa shape index (κ1) is 22.5. The maximum Gasteiger partial charge on any atom is 0.233 e. The highest BCUT2D eigenvalue weighted by Gasteiger charge is 2.21. The van der Waals surface area contributed by atoms with Crippen LogP contribution in [-0.4, -0.2) is 43.0 Å². The average molecular weight is 460 g/mol. The Kier molecular flexibility index (Phi) is 7.32. The summed E-state index contributed by atoms with van der Waals surface area (Å²) < 4.78 is 0.986. The molecule has 0 N–H and O–H groups in total. The fourth-order valence-corrected chi connectivity index (χ4v) is 4.62. The number of aromatic nitrogens is 1. The molecule has 0 aliphatic rings. The second-order valence-corrected chi connectivity index (χ2v) is 8.72. The SMILES string of the molecule is CN(C)CCN(C(=O)Cc1cccc2ccccc12)c1nc2ccc(Cl)cc2s1.Cl. The van der Waals surface area contributed by atoms with Gasteiger partial charge in [-0.1, -0.05) is 65.4 Å². The minimum atomic E-state index is 0. The molecule has 0 radical (unpaired) electrons. The van der Waals surface area contributed by atoms with E-state index in [1.54, 1.807) is 4.90 Å². The molecule has 156 valence electrons. The molecular weight excluding hydrogens is 437 g/mol. The summed E-state index contributed by atoms with van der Waals surface area (Å²) in [5.41, 5.74) is 1.90. The number of hydrogen-bond acceptors (Lipinski definition) is 4. The van der Waals surface area contributed by atoms with Crippen molar-refractivity contribution in [2.24, 2.45) is 0 Å². The molecule has 1 heterocycles. The summed E-state index contributed by atoms with van der Waals surface area (Å²) in [6.45, 7) is 1.35. The standard InChI is InChI=1S/C23H22ClN3OS.ClH/c1-26(2)12-13-27(23-25-20-11-10-18(24)15-21(20)29-23)22(28)14-17-8-5-7-16-6-3-4-9-19(16)17;/h3-11,15H,12-14H2,1-2H3;1H. The van der Waals surface area contributed by atoms with Gasteiger partial charge < -0.3 is 4.90 Å². The van der Waals surface area contributed by atoms with E-state index < -0.39 is 0 Å². The van der Waals surface area contributed by atoms with Crippen LogP contribution >= 0.6 is 35.3 Å². The number of carbonyl (C=O) groups is 1. The molecular formula is C23H23Cl2N3OS. The van der Waals surface area contributed by atoms with Crippen molar-refractivity contribution >= 4 is 67.4 Å². The third-order valence-corrected chi connectivity index (χ3v) is 6.14. The van der Waals surface area contributed by atoms with E-state index in [0.717, 1.165) is 33.1 Å². The zero-order chi connectivity index (χ0) is 20.4. The first-order valence-electron chi connectivity index (χ1n) is 9.49. The predicted octanol–water partition coefficient (Wildman–Crippen LogP) is 5.66. The normalized spacial score (nSPS) is 11.1. The number of halogens is 2. The lowest BCUT2D eigenvalue weighted by Gasteiger charge is -2.22. The predicted molar refractivity (Wildman–Crippen MR) is 130 cm³/mol. The Morgan fingerprint density at radius 1 is 1.03 bits per heavy atom. The molecule has 4 aromatic rings. The topological polar surface area (TPSA) is 36.4 Å². The van der Waals surface area contributed by atoms with Gasteiger partial charge in [-0.05, 0) is 48.6 Å². The Balaban J connectivity index is 0.00000256. The highest BCUT2D eigenvalue weighted by molar-refractivity contribution is 7.22. The van der Waals surface area contributed by atoms with E-state index in [1.165, 1.54) is 11.3 Å². The molecule has 1 amide bonds. The van der Waals surface area contributed by atoms with Gasteiger partial charge >= 0.3 is 0 Å². The molecule has 0 aliphatic carbocycles. The van der Waals surface area contributed by atoms with Crippen LogP contribution in [0.3, 0.4) is 0 Å². The van der Waals surface area contributed by atoms with Crippen molar-refractivity contribution in [1.29, 1.82) is 0 Å². The maximum absolute atomic E-state index is 13.4. The van der Waals surface area contributed by atoms with Crippen LogP contribution in [0.4, 0.5) is 5.13 Å². The summed E-state index contributed by atoms with van der Waals surface area (Å²) in [5, 5.41) is 3.66. The van der Waals surface area contributed by atoms with Gasteiger partial charge in [0, 0.05) is 18.1 Å². The molecule has 3 aromatic carbocycles. The molecule has 0 unspecified atom stereocenters. The Morgan fingerprint density at radius 3 is 2.60 bits per heavy atom. The smallest absolute Gasteiger partial charge is 0.233 e.